The smallest absolute Gasteiger partial charge is 0.338 e. The number of hydrogen-bond acceptors (Lipinski definition) is 4. The van der Waals surface area contributed by atoms with Crippen molar-refractivity contribution in [1.29, 1.82) is 0 Å². The van der Waals surface area contributed by atoms with Crippen LogP contribution in [0.2, 0.25) is 0 Å². The van der Waals surface area contributed by atoms with Crippen LogP contribution in [0.5, 0.6) is 0 Å². The molecule has 0 heterocycles. The van der Waals surface area contributed by atoms with Crippen molar-refractivity contribution in [2.45, 2.75) is 6.92 Å². The Morgan fingerprint density at radius 2 is 2.00 bits per heavy atom. The fraction of sp³-hybridized carbons (Fsp3) is 0.364. The van der Waals surface area contributed by atoms with Crippen LogP contribution in [0.1, 0.15) is 17.3 Å². The van der Waals surface area contributed by atoms with Crippen LogP contribution in [0.4, 0.5) is 5.69 Å². The molecule has 0 bridgehead atoms. The van der Waals surface area contributed by atoms with Gasteiger partial charge in [-0.3, -0.25) is 0 Å². The summed E-state index contributed by atoms with van der Waals surface area (Å²) in [6, 6.07) is 6.63. The number of rotatable bonds is 4. The van der Waals surface area contributed by atoms with Gasteiger partial charge >= 0.3 is 5.97 Å². The van der Waals surface area contributed by atoms with Gasteiger partial charge in [0.25, 0.3) is 0 Å². The Balaban J connectivity index is 2.50. The van der Waals surface area contributed by atoms with Crippen LogP contribution in [-0.4, -0.2) is 19.1 Å². The van der Waals surface area contributed by atoms with E-state index in [4.69, 9.17) is 16.2 Å². The highest BCUT2D eigenvalue weighted by Crippen LogP contribution is 2.07. The minimum absolute atomic E-state index is 0.183. The van der Waals surface area contributed by atoms with Gasteiger partial charge in [0, 0.05) is 11.6 Å². The Kier molecular flexibility index (Phi) is 4.12. The lowest BCUT2D eigenvalue weighted by Gasteiger charge is -2.09. The monoisotopic (exact) mass is 208 g/mol. The minimum atomic E-state index is -0.338. The predicted octanol–water partition coefficient (Wildman–Crippen LogP) is 1.02. The van der Waals surface area contributed by atoms with Crippen molar-refractivity contribution >= 4 is 11.7 Å². The lowest BCUT2D eigenvalue weighted by molar-refractivity contribution is 0.0454. The molecule has 4 heteroatoms. The van der Waals surface area contributed by atoms with E-state index in [1.807, 2.05) is 6.92 Å². The van der Waals surface area contributed by atoms with Gasteiger partial charge in [0.05, 0.1) is 12.2 Å². The topological polar surface area (TPSA) is 78.3 Å². The molecule has 0 radical (unpaired) electrons. The van der Waals surface area contributed by atoms with Crippen LogP contribution < -0.4 is 11.5 Å². The van der Waals surface area contributed by atoms with E-state index in [0.29, 0.717) is 24.4 Å². The Bertz CT molecular complexity index is 322. The number of carbonyl (C=O) groups is 1. The van der Waals surface area contributed by atoms with E-state index >= 15 is 0 Å². The van der Waals surface area contributed by atoms with Gasteiger partial charge in [-0.1, -0.05) is 6.92 Å². The Hall–Kier alpha value is -1.55. The molecule has 0 amide bonds. The summed E-state index contributed by atoms with van der Waals surface area (Å²) in [4.78, 5) is 11.5. The number of ether oxygens (including phenoxy) is 1. The van der Waals surface area contributed by atoms with E-state index < -0.39 is 0 Å². The van der Waals surface area contributed by atoms with Gasteiger partial charge in [-0.2, -0.15) is 0 Å². The van der Waals surface area contributed by atoms with Crippen molar-refractivity contribution < 1.29 is 9.53 Å². The summed E-state index contributed by atoms with van der Waals surface area (Å²) in [6.45, 7) is 2.78. The first-order valence-electron chi connectivity index (χ1n) is 4.86. The van der Waals surface area contributed by atoms with Gasteiger partial charge in [-0.15, -0.1) is 0 Å². The molecule has 4 N–H and O–H groups in total. The molecule has 0 saturated heterocycles. The number of carbonyl (C=O) groups excluding carboxylic acids is 1. The number of anilines is 1. The summed E-state index contributed by atoms with van der Waals surface area (Å²) in [5.41, 5.74) is 12.0. The lowest BCUT2D eigenvalue weighted by atomic mass is 10.2. The number of benzene rings is 1. The van der Waals surface area contributed by atoms with Gasteiger partial charge in [0.15, 0.2) is 0 Å². The largest absolute Gasteiger partial charge is 0.462 e. The highest BCUT2D eigenvalue weighted by atomic mass is 16.5. The normalized spacial score (nSPS) is 12.1. The summed E-state index contributed by atoms with van der Waals surface area (Å²) < 4.78 is 5.06. The highest BCUT2D eigenvalue weighted by Gasteiger charge is 2.08. The number of esters is 1. The van der Waals surface area contributed by atoms with Crippen LogP contribution in [0.15, 0.2) is 24.3 Å². The molecule has 1 aromatic carbocycles. The quantitative estimate of drug-likeness (QED) is 0.572. The zero-order valence-electron chi connectivity index (χ0n) is 8.77. The van der Waals surface area contributed by atoms with Crippen LogP contribution in [0.3, 0.4) is 0 Å². The summed E-state index contributed by atoms with van der Waals surface area (Å²) in [5.74, 6) is -0.155. The number of nitrogens with two attached hydrogens (primary N) is 2. The van der Waals surface area contributed by atoms with Crippen molar-refractivity contribution in [2.24, 2.45) is 11.7 Å². The molecule has 4 nitrogen and oxygen atoms in total. The molecule has 0 spiro atoms. The molecule has 0 aliphatic rings. The van der Waals surface area contributed by atoms with Crippen LogP contribution in [-0.2, 0) is 4.74 Å². The second-order valence-corrected chi connectivity index (χ2v) is 3.56. The predicted molar refractivity (Wildman–Crippen MR) is 59.4 cm³/mol. The molecule has 0 aliphatic carbocycles. The summed E-state index contributed by atoms with van der Waals surface area (Å²) >= 11 is 0. The van der Waals surface area contributed by atoms with Crippen LogP contribution in [0.25, 0.3) is 0 Å². The first-order valence-corrected chi connectivity index (χ1v) is 4.86. The van der Waals surface area contributed by atoms with Crippen LogP contribution in [0, 0.1) is 5.92 Å². The summed E-state index contributed by atoms with van der Waals surface area (Å²) in [6.07, 6.45) is 0. The van der Waals surface area contributed by atoms with E-state index in [1.165, 1.54) is 0 Å². The zero-order valence-corrected chi connectivity index (χ0v) is 8.77. The minimum Gasteiger partial charge on any atom is -0.462 e. The van der Waals surface area contributed by atoms with Crippen molar-refractivity contribution in [3.63, 3.8) is 0 Å². The number of nitrogen functional groups attached to an aromatic ring is 1. The Labute approximate surface area is 89.2 Å². The van der Waals surface area contributed by atoms with E-state index in [-0.39, 0.29) is 11.9 Å². The van der Waals surface area contributed by atoms with Crippen molar-refractivity contribution in [3.8, 4) is 0 Å². The fourth-order valence-corrected chi connectivity index (χ4v) is 0.989. The molecular weight excluding hydrogens is 192 g/mol. The van der Waals surface area contributed by atoms with Crippen molar-refractivity contribution in [1.82, 2.24) is 0 Å². The average molecular weight is 208 g/mol. The second-order valence-electron chi connectivity index (χ2n) is 3.56. The van der Waals surface area contributed by atoms with Gasteiger partial charge in [0.1, 0.15) is 0 Å². The summed E-state index contributed by atoms with van der Waals surface area (Å²) in [5, 5.41) is 0. The molecule has 1 rings (SSSR count). The zero-order chi connectivity index (χ0) is 11.3. The maximum absolute atomic E-state index is 11.5. The fourth-order valence-electron chi connectivity index (χ4n) is 0.989. The third-order valence-electron chi connectivity index (χ3n) is 2.05. The molecule has 1 unspecified atom stereocenters. The van der Waals surface area contributed by atoms with Gasteiger partial charge in [-0.25, -0.2) is 4.79 Å². The molecular formula is C11H16N2O2. The third-order valence-corrected chi connectivity index (χ3v) is 2.05. The van der Waals surface area contributed by atoms with Crippen LogP contribution >= 0.6 is 0 Å². The van der Waals surface area contributed by atoms with E-state index in [9.17, 15) is 4.79 Å². The van der Waals surface area contributed by atoms with E-state index in [0.717, 1.165) is 0 Å². The van der Waals surface area contributed by atoms with Gasteiger partial charge < -0.3 is 16.2 Å². The molecule has 0 aliphatic heterocycles. The molecule has 0 aromatic heterocycles. The third kappa shape index (κ3) is 3.59. The SMILES string of the molecule is CC(CN)COC(=O)c1ccc(N)cc1. The second kappa shape index (κ2) is 5.36. The maximum Gasteiger partial charge on any atom is 0.338 e. The maximum atomic E-state index is 11.5. The lowest BCUT2D eigenvalue weighted by Crippen LogP contribution is -2.19. The van der Waals surface area contributed by atoms with Crippen molar-refractivity contribution in [3.05, 3.63) is 29.8 Å². The molecule has 1 aromatic rings. The summed E-state index contributed by atoms with van der Waals surface area (Å²) in [7, 11) is 0. The molecule has 0 saturated carbocycles. The van der Waals surface area contributed by atoms with E-state index in [2.05, 4.69) is 0 Å². The standard InChI is InChI=1S/C11H16N2O2/c1-8(6-12)7-15-11(14)9-2-4-10(13)5-3-9/h2-5,8H,6-7,12-13H2,1H3. The van der Waals surface area contributed by atoms with Gasteiger partial charge in [-0.05, 0) is 30.8 Å². The Morgan fingerprint density at radius 3 is 2.53 bits per heavy atom. The average Bonchev–Trinajstić information content (AvgIpc) is 2.26. The molecule has 1 atom stereocenters. The number of hydrogen-bond donors (Lipinski definition) is 2. The Morgan fingerprint density at radius 1 is 1.40 bits per heavy atom. The molecule has 0 fully saturated rings. The van der Waals surface area contributed by atoms with E-state index in [1.54, 1.807) is 24.3 Å². The highest BCUT2D eigenvalue weighted by molar-refractivity contribution is 5.89. The van der Waals surface area contributed by atoms with Crippen molar-refractivity contribution in [2.75, 3.05) is 18.9 Å². The molecule has 15 heavy (non-hydrogen) atoms. The first kappa shape index (κ1) is 11.5. The molecule has 82 valence electrons. The first-order chi connectivity index (χ1) is 7.13. The van der Waals surface area contributed by atoms with Gasteiger partial charge in [0.2, 0.25) is 0 Å².